The molecule has 0 aliphatic heterocycles. The number of fused-ring (bicyclic) bond motifs is 1. The quantitative estimate of drug-likeness (QED) is 0.794. The summed E-state index contributed by atoms with van der Waals surface area (Å²) in [7, 11) is 0. The molecule has 1 fully saturated rings. The minimum atomic E-state index is -0.0559. The van der Waals surface area contributed by atoms with Crippen LogP contribution in [0.2, 0.25) is 0 Å². The molecule has 6 heteroatoms. The Morgan fingerprint density at radius 1 is 1.23 bits per heavy atom. The number of urea groups is 1. The summed E-state index contributed by atoms with van der Waals surface area (Å²) in [6.45, 7) is 0.616. The molecule has 1 saturated carbocycles. The van der Waals surface area contributed by atoms with Crippen LogP contribution in [-0.4, -0.2) is 33.6 Å². The van der Waals surface area contributed by atoms with Crippen molar-refractivity contribution >= 4 is 6.03 Å². The van der Waals surface area contributed by atoms with Crippen molar-refractivity contribution in [2.75, 3.05) is 6.61 Å². The van der Waals surface area contributed by atoms with Crippen LogP contribution in [0.5, 0.6) is 0 Å². The van der Waals surface area contributed by atoms with Crippen molar-refractivity contribution in [1.29, 1.82) is 0 Å². The lowest BCUT2D eigenvalue weighted by atomic mass is 9.93. The predicted octanol–water partition coefficient (Wildman–Crippen LogP) is 1.88. The van der Waals surface area contributed by atoms with Gasteiger partial charge in [0.2, 0.25) is 0 Å². The number of carbonyl (C=O) groups excluding carboxylic acids is 1. The highest BCUT2D eigenvalue weighted by molar-refractivity contribution is 5.74. The Bertz CT molecular complexity index is 508. The molecule has 0 unspecified atom stereocenters. The fraction of sp³-hybridized carbons (Fsp3) is 0.750. The van der Waals surface area contributed by atoms with E-state index in [9.17, 15) is 4.79 Å². The van der Waals surface area contributed by atoms with E-state index >= 15 is 0 Å². The molecule has 3 N–H and O–H groups in total. The number of nitrogens with zero attached hydrogens (tertiary/aromatic N) is 2. The summed E-state index contributed by atoms with van der Waals surface area (Å²) in [6.07, 6.45) is 10.7. The van der Waals surface area contributed by atoms with Gasteiger partial charge in [0.25, 0.3) is 0 Å². The summed E-state index contributed by atoms with van der Waals surface area (Å²) in [4.78, 5) is 12.2. The third-order valence-corrected chi connectivity index (χ3v) is 4.82. The van der Waals surface area contributed by atoms with Gasteiger partial charge in [-0.1, -0.05) is 19.3 Å². The van der Waals surface area contributed by atoms with Crippen LogP contribution in [0.1, 0.15) is 62.2 Å². The number of aliphatic hydroxyl groups excluding tert-OH is 1. The molecule has 0 spiro atoms. The van der Waals surface area contributed by atoms with Crippen molar-refractivity contribution in [3.8, 4) is 0 Å². The van der Waals surface area contributed by atoms with Crippen LogP contribution in [0.25, 0.3) is 0 Å². The van der Waals surface area contributed by atoms with Crippen LogP contribution in [0.3, 0.4) is 0 Å². The maximum Gasteiger partial charge on any atom is 0.315 e. The van der Waals surface area contributed by atoms with Gasteiger partial charge in [0.1, 0.15) is 0 Å². The van der Waals surface area contributed by atoms with E-state index in [1.165, 1.54) is 19.3 Å². The van der Waals surface area contributed by atoms with E-state index in [1.807, 2.05) is 10.9 Å². The van der Waals surface area contributed by atoms with Crippen molar-refractivity contribution in [1.82, 2.24) is 20.4 Å². The molecule has 2 amide bonds. The molecule has 1 atom stereocenters. The van der Waals surface area contributed by atoms with Gasteiger partial charge in [-0.05, 0) is 32.1 Å². The highest BCUT2D eigenvalue weighted by atomic mass is 16.3. The molecule has 0 aromatic carbocycles. The Kier molecular flexibility index (Phi) is 4.97. The van der Waals surface area contributed by atoms with Crippen LogP contribution < -0.4 is 10.6 Å². The summed E-state index contributed by atoms with van der Waals surface area (Å²) < 4.78 is 1.86. The van der Waals surface area contributed by atoms with E-state index in [-0.39, 0.29) is 18.7 Å². The molecule has 22 heavy (non-hydrogen) atoms. The predicted molar refractivity (Wildman–Crippen MR) is 83.5 cm³/mol. The van der Waals surface area contributed by atoms with Gasteiger partial charge in [-0.3, -0.25) is 4.68 Å². The molecule has 1 heterocycles. The Balaban J connectivity index is 1.60. The first kappa shape index (κ1) is 15.3. The Morgan fingerprint density at radius 2 is 2.05 bits per heavy atom. The van der Waals surface area contributed by atoms with Crippen molar-refractivity contribution in [2.24, 2.45) is 0 Å². The summed E-state index contributed by atoms with van der Waals surface area (Å²) in [5.41, 5.74) is 2.27. The van der Waals surface area contributed by atoms with Crippen molar-refractivity contribution < 1.29 is 9.90 Å². The number of hydrogen-bond donors (Lipinski definition) is 3. The van der Waals surface area contributed by atoms with Crippen molar-refractivity contribution in [3.05, 3.63) is 17.5 Å². The van der Waals surface area contributed by atoms with Crippen molar-refractivity contribution in [2.45, 2.75) is 70.0 Å². The number of carbonyl (C=O) groups is 1. The molecule has 2 aliphatic rings. The number of amides is 2. The first-order valence-corrected chi connectivity index (χ1v) is 8.50. The van der Waals surface area contributed by atoms with Crippen LogP contribution in [0, 0.1) is 0 Å². The first-order chi connectivity index (χ1) is 10.8. The lowest BCUT2D eigenvalue weighted by Crippen LogP contribution is -2.44. The molecule has 1 aromatic rings. The third-order valence-electron chi connectivity index (χ3n) is 4.82. The van der Waals surface area contributed by atoms with Gasteiger partial charge in [0, 0.05) is 17.3 Å². The highest BCUT2D eigenvalue weighted by Gasteiger charge is 2.26. The fourth-order valence-corrected chi connectivity index (χ4v) is 3.69. The topological polar surface area (TPSA) is 79.2 Å². The summed E-state index contributed by atoms with van der Waals surface area (Å²) in [5, 5.41) is 19.7. The zero-order chi connectivity index (χ0) is 15.4. The Morgan fingerprint density at radius 3 is 2.82 bits per heavy atom. The maximum absolute atomic E-state index is 12.2. The van der Waals surface area contributed by atoms with Crippen LogP contribution in [0.4, 0.5) is 4.79 Å². The zero-order valence-corrected chi connectivity index (χ0v) is 13.1. The van der Waals surface area contributed by atoms with E-state index in [0.717, 1.165) is 43.4 Å². The van der Waals surface area contributed by atoms with Gasteiger partial charge in [-0.15, -0.1) is 0 Å². The fourth-order valence-electron chi connectivity index (χ4n) is 3.69. The van der Waals surface area contributed by atoms with Gasteiger partial charge in [-0.25, -0.2) is 4.79 Å². The Labute approximate surface area is 131 Å². The molecule has 3 rings (SSSR count). The molecule has 122 valence electrons. The minimum absolute atomic E-state index is 0.0415. The highest BCUT2D eigenvalue weighted by Crippen LogP contribution is 2.29. The lowest BCUT2D eigenvalue weighted by Gasteiger charge is -2.27. The standard InChI is InChI=1S/C16H26N4O2/c21-10-9-20-15-8-4-7-14(13(15)11-17-20)19-16(22)18-12-5-2-1-3-6-12/h11-12,14,21H,1-10H2,(H2,18,19,22)/t14-/m1/s1. The monoisotopic (exact) mass is 306 g/mol. The molecule has 0 bridgehead atoms. The average molecular weight is 306 g/mol. The van der Waals surface area contributed by atoms with E-state index in [1.54, 1.807) is 0 Å². The Hall–Kier alpha value is -1.56. The normalized spacial score (nSPS) is 22.1. The number of rotatable bonds is 4. The first-order valence-electron chi connectivity index (χ1n) is 8.50. The molecule has 1 aromatic heterocycles. The van der Waals surface area contributed by atoms with Gasteiger partial charge in [-0.2, -0.15) is 5.10 Å². The maximum atomic E-state index is 12.2. The molecular weight excluding hydrogens is 280 g/mol. The molecular formula is C16H26N4O2. The number of aromatic nitrogens is 2. The molecule has 0 saturated heterocycles. The second kappa shape index (κ2) is 7.13. The molecule has 6 nitrogen and oxygen atoms in total. The van der Waals surface area contributed by atoms with E-state index in [2.05, 4.69) is 15.7 Å². The van der Waals surface area contributed by atoms with Gasteiger partial charge < -0.3 is 15.7 Å². The van der Waals surface area contributed by atoms with Crippen LogP contribution in [0.15, 0.2) is 6.20 Å². The van der Waals surface area contributed by atoms with Gasteiger partial charge in [0.05, 0.1) is 25.4 Å². The van der Waals surface area contributed by atoms with Gasteiger partial charge in [0.15, 0.2) is 0 Å². The van der Waals surface area contributed by atoms with Gasteiger partial charge >= 0.3 is 6.03 Å². The number of nitrogens with one attached hydrogen (secondary N) is 2. The smallest absolute Gasteiger partial charge is 0.315 e. The molecule has 0 radical (unpaired) electrons. The largest absolute Gasteiger partial charge is 0.394 e. The second-order valence-electron chi connectivity index (χ2n) is 6.39. The lowest BCUT2D eigenvalue weighted by molar-refractivity contribution is 0.227. The molecule has 2 aliphatic carbocycles. The van der Waals surface area contributed by atoms with Crippen LogP contribution in [-0.2, 0) is 13.0 Å². The minimum Gasteiger partial charge on any atom is -0.394 e. The van der Waals surface area contributed by atoms with Crippen LogP contribution >= 0.6 is 0 Å². The third kappa shape index (κ3) is 3.43. The van der Waals surface area contributed by atoms with Crippen molar-refractivity contribution in [3.63, 3.8) is 0 Å². The van der Waals surface area contributed by atoms with E-state index < -0.39 is 0 Å². The number of hydrogen-bond acceptors (Lipinski definition) is 3. The SMILES string of the molecule is O=C(NC1CCCCC1)N[C@@H]1CCCc2c1cnn2CCO. The average Bonchev–Trinajstić information content (AvgIpc) is 2.93. The number of aliphatic hydroxyl groups is 1. The van der Waals surface area contributed by atoms with E-state index in [0.29, 0.717) is 12.6 Å². The zero-order valence-electron chi connectivity index (χ0n) is 13.1. The van der Waals surface area contributed by atoms with E-state index in [4.69, 9.17) is 5.11 Å². The summed E-state index contributed by atoms with van der Waals surface area (Å²) in [5.74, 6) is 0. The summed E-state index contributed by atoms with van der Waals surface area (Å²) >= 11 is 0. The summed E-state index contributed by atoms with van der Waals surface area (Å²) in [6, 6.07) is 0.313. The second-order valence-corrected chi connectivity index (χ2v) is 6.39.